The van der Waals surface area contributed by atoms with Gasteiger partial charge in [-0.1, -0.05) is 18.2 Å². The van der Waals surface area contributed by atoms with Crippen molar-refractivity contribution in [1.82, 2.24) is 10.6 Å². The number of amides is 1. The van der Waals surface area contributed by atoms with Gasteiger partial charge in [-0.25, -0.2) is 0 Å². The van der Waals surface area contributed by atoms with Crippen LogP contribution in [0.4, 0.5) is 0 Å². The van der Waals surface area contributed by atoms with Gasteiger partial charge in [0, 0.05) is 12.1 Å². The standard InChI is InChI=1S/C14H20N2O2/c1-14(7-8-15-10-14)16-13(17)9-11-5-3-4-6-12(11)18-2/h3-6,15H,7-10H2,1-2H3,(H,16,17). The molecule has 4 heteroatoms. The molecule has 4 nitrogen and oxygen atoms in total. The highest BCUT2D eigenvalue weighted by molar-refractivity contribution is 5.80. The second-order valence-electron chi connectivity index (χ2n) is 5.02. The summed E-state index contributed by atoms with van der Waals surface area (Å²) in [5.74, 6) is 0.813. The van der Waals surface area contributed by atoms with Crippen molar-refractivity contribution < 1.29 is 9.53 Å². The summed E-state index contributed by atoms with van der Waals surface area (Å²) < 4.78 is 5.25. The molecule has 2 rings (SSSR count). The molecule has 0 aliphatic carbocycles. The molecule has 1 aliphatic rings. The molecule has 0 aromatic heterocycles. The average Bonchev–Trinajstić information content (AvgIpc) is 2.76. The maximum Gasteiger partial charge on any atom is 0.225 e. The second kappa shape index (κ2) is 5.40. The van der Waals surface area contributed by atoms with Gasteiger partial charge in [-0.3, -0.25) is 4.79 Å². The summed E-state index contributed by atoms with van der Waals surface area (Å²) in [6.07, 6.45) is 1.34. The summed E-state index contributed by atoms with van der Waals surface area (Å²) in [5, 5.41) is 6.36. The van der Waals surface area contributed by atoms with Crippen LogP contribution in [0, 0.1) is 0 Å². The number of carbonyl (C=O) groups is 1. The summed E-state index contributed by atoms with van der Waals surface area (Å²) in [5.41, 5.74) is 0.811. The molecule has 1 saturated heterocycles. The minimum Gasteiger partial charge on any atom is -0.496 e. The van der Waals surface area contributed by atoms with Crippen LogP contribution in [0.1, 0.15) is 18.9 Å². The predicted molar refractivity (Wildman–Crippen MR) is 70.7 cm³/mol. The number of carbonyl (C=O) groups excluding carboxylic acids is 1. The number of hydrogen-bond acceptors (Lipinski definition) is 3. The van der Waals surface area contributed by atoms with Crippen LogP contribution in [-0.4, -0.2) is 31.6 Å². The Hall–Kier alpha value is -1.55. The Bertz CT molecular complexity index is 426. The van der Waals surface area contributed by atoms with Gasteiger partial charge in [-0.05, 0) is 26.0 Å². The first kappa shape index (κ1) is 12.9. The van der Waals surface area contributed by atoms with E-state index in [4.69, 9.17) is 4.74 Å². The Labute approximate surface area is 108 Å². The zero-order chi connectivity index (χ0) is 13.0. The van der Waals surface area contributed by atoms with E-state index in [1.54, 1.807) is 7.11 Å². The summed E-state index contributed by atoms with van der Waals surface area (Å²) in [6.45, 7) is 3.88. The zero-order valence-electron chi connectivity index (χ0n) is 11.0. The van der Waals surface area contributed by atoms with Crippen LogP contribution >= 0.6 is 0 Å². The SMILES string of the molecule is COc1ccccc1CC(=O)NC1(C)CCNC1. The van der Waals surface area contributed by atoms with Gasteiger partial charge in [0.05, 0.1) is 19.1 Å². The average molecular weight is 248 g/mol. The highest BCUT2D eigenvalue weighted by Gasteiger charge is 2.29. The van der Waals surface area contributed by atoms with E-state index >= 15 is 0 Å². The predicted octanol–water partition coefficient (Wildman–Crippen LogP) is 1.11. The van der Waals surface area contributed by atoms with Gasteiger partial charge in [-0.2, -0.15) is 0 Å². The van der Waals surface area contributed by atoms with Crippen molar-refractivity contribution in [3.8, 4) is 5.75 Å². The summed E-state index contributed by atoms with van der Waals surface area (Å²) in [4.78, 5) is 12.0. The van der Waals surface area contributed by atoms with Crippen molar-refractivity contribution in [2.45, 2.75) is 25.3 Å². The van der Waals surface area contributed by atoms with E-state index in [9.17, 15) is 4.79 Å². The van der Waals surface area contributed by atoms with E-state index in [2.05, 4.69) is 17.6 Å². The quantitative estimate of drug-likeness (QED) is 0.839. The first-order chi connectivity index (χ1) is 8.63. The first-order valence-electron chi connectivity index (χ1n) is 6.27. The van der Waals surface area contributed by atoms with E-state index in [1.165, 1.54) is 0 Å². The Balaban J connectivity index is 1.98. The van der Waals surface area contributed by atoms with Crippen LogP contribution in [0.25, 0.3) is 0 Å². The summed E-state index contributed by atoms with van der Waals surface area (Å²) in [6, 6.07) is 7.63. The zero-order valence-corrected chi connectivity index (χ0v) is 11.0. The fourth-order valence-electron chi connectivity index (χ4n) is 2.33. The number of hydrogen-bond donors (Lipinski definition) is 2. The van der Waals surface area contributed by atoms with E-state index < -0.39 is 0 Å². The van der Waals surface area contributed by atoms with Crippen molar-refractivity contribution in [2.75, 3.05) is 20.2 Å². The van der Waals surface area contributed by atoms with Crippen LogP contribution in [-0.2, 0) is 11.2 Å². The molecular weight excluding hydrogens is 228 g/mol. The van der Waals surface area contributed by atoms with Crippen LogP contribution in [0.2, 0.25) is 0 Å². The lowest BCUT2D eigenvalue weighted by Crippen LogP contribution is -2.48. The van der Waals surface area contributed by atoms with Gasteiger partial charge in [0.1, 0.15) is 5.75 Å². The summed E-state index contributed by atoms with van der Waals surface area (Å²) in [7, 11) is 1.62. The molecule has 1 amide bonds. The molecule has 0 bridgehead atoms. The molecular formula is C14H20N2O2. The molecule has 1 atom stereocenters. The maximum absolute atomic E-state index is 12.0. The van der Waals surface area contributed by atoms with Gasteiger partial charge in [-0.15, -0.1) is 0 Å². The highest BCUT2D eigenvalue weighted by Crippen LogP contribution is 2.19. The highest BCUT2D eigenvalue weighted by atomic mass is 16.5. The van der Waals surface area contributed by atoms with Crippen LogP contribution in [0.15, 0.2) is 24.3 Å². The Morgan fingerprint density at radius 2 is 2.28 bits per heavy atom. The van der Waals surface area contributed by atoms with Crippen molar-refractivity contribution in [3.05, 3.63) is 29.8 Å². The van der Waals surface area contributed by atoms with Gasteiger partial charge in [0.15, 0.2) is 0 Å². The van der Waals surface area contributed by atoms with Gasteiger partial charge < -0.3 is 15.4 Å². The molecule has 0 radical (unpaired) electrons. The molecule has 1 aromatic rings. The number of methoxy groups -OCH3 is 1. The number of ether oxygens (including phenoxy) is 1. The lowest BCUT2D eigenvalue weighted by molar-refractivity contribution is -0.122. The van der Waals surface area contributed by atoms with Crippen molar-refractivity contribution in [3.63, 3.8) is 0 Å². The molecule has 1 unspecified atom stereocenters. The van der Waals surface area contributed by atoms with Crippen LogP contribution in [0.3, 0.4) is 0 Å². The third-order valence-electron chi connectivity index (χ3n) is 3.35. The molecule has 1 aliphatic heterocycles. The molecule has 0 saturated carbocycles. The number of nitrogens with one attached hydrogen (secondary N) is 2. The van der Waals surface area contributed by atoms with Gasteiger partial charge in [0.2, 0.25) is 5.91 Å². The molecule has 1 fully saturated rings. The second-order valence-corrected chi connectivity index (χ2v) is 5.02. The van der Waals surface area contributed by atoms with Gasteiger partial charge >= 0.3 is 0 Å². The largest absolute Gasteiger partial charge is 0.496 e. The number of benzene rings is 1. The molecule has 18 heavy (non-hydrogen) atoms. The lowest BCUT2D eigenvalue weighted by atomic mass is 10.0. The normalized spacial score (nSPS) is 22.8. The molecule has 98 valence electrons. The smallest absolute Gasteiger partial charge is 0.225 e. The Morgan fingerprint density at radius 3 is 2.94 bits per heavy atom. The molecule has 1 heterocycles. The van der Waals surface area contributed by atoms with Crippen molar-refractivity contribution in [2.24, 2.45) is 0 Å². The molecule has 1 aromatic carbocycles. The van der Waals surface area contributed by atoms with Crippen LogP contribution < -0.4 is 15.4 Å². The Kier molecular flexibility index (Phi) is 3.87. The van der Waals surface area contributed by atoms with E-state index in [0.717, 1.165) is 30.8 Å². The maximum atomic E-state index is 12.0. The third kappa shape index (κ3) is 3.01. The number of rotatable bonds is 4. The van der Waals surface area contributed by atoms with Gasteiger partial charge in [0.25, 0.3) is 0 Å². The van der Waals surface area contributed by atoms with E-state index in [1.807, 2.05) is 24.3 Å². The number of para-hydroxylation sites is 1. The van der Waals surface area contributed by atoms with Crippen LogP contribution in [0.5, 0.6) is 5.75 Å². The third-order valence-corrected chi connectivity index (χ3v) is 3.35. The molecule has 2 N–H and O–H groups in total. The minimum atomic E-state index is -0.112. The molecule has 0 spiro atoms. The fraction of sp³-hybridized carbons (Fsp3) is 0.500. The minimum absolute atomic E-state index is 0.0469. The topological polar surface area (TPSA) is 50.4 Å². The van der Waals surface area contributed by atoms with Crippen molar-refractivity contribution in [1.29, 1.82) is 0 Å². The van der Waals surface area contributed by atoms with E-state index in [0.29, 0.717) is 6.42 Å². The van der Waals surface area contributed by atoms with Crippen molar-refractivity contribution >= 4 is 5.91 Å². The summed E-state index contributed by atoms with van der Waals surface area (Å²) >= 11 is 0. The van der Waals surface area contributed by atoms with E-state index in [-0.39, 0.29) is 11.4 Å². The first-order valence-corrected chi connectivity index (χ1v) is 6.27. The monoisotopic (exact) mass is 248 g/mol. The lowest BCUT2D eigenvalue weighted by Gasteiger charge is -2.24. The Morgan fingerprint density at radius 1 is 1.50 bits per heavy atom. The fourth-order valence-corrected chi connectivity index (χ4v) is 2.33.